The standard InChI is InChI=1S/C23H23N5O5/c29-13-12-24-20-11-10-17(28(32)33)14-21(20)25-15-22(30)27-19-9-5-4-8-18(19)23(31)26-16-6-2-1-3-7-16/h1-11,14,24-25,29H,12-13,15H2,(H,26,31)(H,27,30). The Labute approximate surface area is 189 Å². The van der Waals surface area contributed by atoms with Gasteiger partial charge in [-0.3, -0.25) is 19.7 Å². The summed E-state index contributed by atoms with van der Waals surface area (Å²) in [6.07, 6.45) is 0. The van der Waals surface area contributed by atoms with Crippen LogP contribution in [-0.2, 0) is 4.79 Å². The molecule has 0 unspecified atom stereocenters. The zero-order valence-electron chi connectivity index (χ0n) is 17.6. The van der Waals surface area contributed by atoms with Gasteiger partial charge >= 0.3 is 0 Å². The van der Waals surface area contributed by atoms with Crippen LogP contribution in [0.15, 0.2) is 72.8 Å². The first kappa shape index (κ1) is 23.2. The molecule has 2 amide bonds. The molecule has 0 saturated carbocycles. The molecule has 0 spiro atoms. The number of non-ortho nitro benzene ring substituents is 1. The molecule has 33 heavy (non-hydrogen) atoms. The summed E-state index contributed by atoms with van der Waals surface area (Å²) in [5.41, 5.74) is 1.94. The molecule has 0 saturated heterocycles. The predicted octanol–water partition coefficient (Wildman–Crippen LogP) is 3.30. The summed E-state index contributed by atoms with van der Waals surface area (Å²) in [7, 11) is 0. The zero-order chi connectivity index (χ0) is 23.6. The van der Waals surface area contributed by atoms with Gasteiger partial charge in [0.05, 0.1) is 40.7 Å². The molecule has 0 radical (unpaired) electrons. The summed E-state index contributed by atoms with van der Waals surface area (Å²) in [4.78, 5) is 35.8. The third-order valence-electron chi connectivity index (χ3n) is 4.56. The van der Waals surface area contributed by atoms with Crippen LogP contribution in [0, 0.1) is 10.1 Å². The van der Waals surface area contributed by atoms with Crippen LogP contribution in [0.1, 0.15) is 10.4 Å². The van der Waals surface area contributed by atoms with Crippen molar-refractivity contribution in [2.45, 2.75) is 0 Å². The van der Waals surface area contributed by atoms with E-state index in [0.29, 0.717) is 22.7 Å². The van der Waals surface area contributed by atoms with Crippen molar-refractivity contribution >= 4 is 40.3 Å². The fourth-order valence-corrected chi connectivity index (χ4v) is 3.02. The minimum atomic E-state index is -0.539. The number of carbonyl (C=O) groups is 2. The lowest BCUT2D eigenvalue weighted by atomic mass is 10.1. The number of amides is 2. The Kier molecular flexibility index (Phi) is 7.92. The Balaban J connectivity index is 1.69. The number of nitro benzene ring substituents is 1. The number of aliphatic hydroxyl groups is 1. The van der Waals surface area contributed by atoms with E-state index >= 15 is 0 Å². The van der Waals surface area contributed by atoms with E-state index in [4.69, 9.17) is 5.11 Å². The second kappa shape index (κ2) is 11.3. The molecular formula is C23H23N5O5. The molecule has 0 aliphatic rings. The Bertz CT molecular complexity index is 1140. The predicted molar refractivity (Wildman–Crippen MR) is 127 cm³/mol. The fourth-order valence-electron chi connectivity index (χ4n) is 3.02. The average molecular weight is 449 g/mol. The maximum Gasteiger partial charge on any atom is 0.271 e. The molecule has 3 aromatic rings. The number of para-hydroxylation sites is 2. The van der Waals surface area contributed by atoms with E-state index in [-0.39, 0.29) is 36.9 Å². The van der Waals surface area contributed by atoms with Crippen LogP contribution in [0.2, 0.25) is 0 Å². The molecular weight excluding hydrogens is 426 g/mol. The molecule has 0 fully saturated rings. The summed E-state index contributed by atoms with van der Waals surface area (Å²) in [6, 6.07) is 19.7. The van der Waals surface area contributed by atoms with Gasteiger partial charge in [-0.1, -0.05) is 30.3 Å². The van der Waals surface area contributed by atoms with Crippen molar-refractivity contribution in [2.75, 3.05) is 41.0 Å². The highest BCUT2D eigenvalue weighted by Gasteiger charge is 2.15. The molecule has 10 heteroatoms. The summed E-state index contributed by atoms with van der Waals surface area (Å²) < 4.78 is 0. The topological polar surface area (TPSA) is 146 Å². The van der Waals surface area contributed by atoms with Crippen LogP contribution in [0.5, 0.6) is 0 Å². The van der Waals surface area contributed by atoms with Gasteiger partial charge in [0.2, 0.25) is 5.91 Å². The lowest BCUT2D eigenvalue weighted by Gasteiger charge is -2.14. The molecule has 0 atom stereocenters. The number of benzene rings is 3. The molecule has 0 aliphatic heterocycles. The number of nitrogens with one attached hydrogen (secondary N) is 4. The van der Waals surface area contributed by atoms with Crippen molar-refractivity contribution < 1.29 is 19.6 Å². The molecule has 0 aliphatic carbocycles. The monoisotopic (exact) mass is 449 g/mol. The van der Waals surface area contributed by atoms with Crippen LogP contribution < -0.4 is 21.3 Å². The van der Waals surface area contributed by atoms with Gasteiger partial charge in [0.1, 0.15) is 0 Å². The molecule has 0 bridgehead atoms. The number of carbonyl (C=O) groups excluding carboxylic acids is 2. The molecule has 10 nitrogen and oxygen atoms in total. The minimum absolute atomic E-state index is 0.126. The molecule has 3 aromatic carbocycles. The van der Waals surface area contributed by atoms with E-state index in [1.807, 2.05) is 6.07 Å². The van der Waals surface area contributed by atoms with Crippen molar-refractivity contribution in [3.05, 3.63) is 88.5 Å². The summed E-state index contributed by atoms with van der Waals surface area (Å²) in [5, 5.41) is 31.4. The molecule has 3 rings (SSSR count). The lowest BCUT2D eigenvalue weighted by molar-refractivity contribution is -0.384. The third kappa shape index (κ3) is 6.52. The van der Waals surface area contributed by atoms with Crippen molar-refractivity contribution in [3.63, 3.8) is 0 Å². The van der Waals surface area contributed by atoms with E-state index in [9.17, 15) is 19.7 Å². The third-order valence-corrected chi connectivity index (χ3v) is 4.56. The normalized spacial score (nSPS) is 10.2. The zero-order valence-corrected chi connectivity index (χ0v) is 17.6. The van der Waals surface area contributed by atoms with E-state index < -0.39 is 10.8 Å². The average Bonchev–Trinajstić information content (AvgIpc) is 2.82. The van der Waals surface area contributed by atoms with Crippen molar-refractivity contribution in [2.24, 2.45) is 0 Å². The molecule has 5 N–H and O–H groups in total. The quantitative estimate of drug-likeness (QED) is 0.236. The van der Waals surface area contributed by atoms with Crippen molar-refractivity contribution in [1.82, 2.24) is 0 Å². The van der Waals surface area contributed by atoms with Gasteiger partial charge in [-0.2, -0.15) is 0 Å². The number of aliphatic hydroxyl groups excluding tert-OH is 1. The van der Waals surface area contributed by atoms with Gasteiger partial charge in [0.15, 0.2) is 0 Å². The SMILES string of the molecule is O=C(CNc1cc([N+](=O)[O-])ccc1NCCO)Nc1ccccc1C(=O)Nc1ccccc1. The van der Waals surface area contributed by atoms with E-state index in [2.05, 4.69) is 21.3 Å². The highest BCUT2D eigenvalue weighted by atomic mass is 16.6. The van der Waals surface area contributed by atoms with Crippen molar-refractivity contribution in [3.8, 4) is 0 Å². The molecule has 170 valence electrons. The number of rotatable bonds is 10. The number of nitrogens with zero attached hydrogens (tertiary/aromatic N) is 1. The Morgan fingerprint density at radius 2 is 1.58 bits per heavy atom. The van der Waals surface area contributed by atoms with Gasteiger partial charge in [-0.15, -0.1) is 0 Å². The first-order chi connectivity index (χ1) is 16.0. The highest BCUT2D eigenvalue weighted by Crippen LogP contribution is 2.27. The Morgan fingerprint density at radius 3 is 2.30 bits per heavy atom. The summed E-state index contributed by atoms with van der Waals surface area (Å²) in [6.45, 7) is -0.0923. The highest BCUT2D eigenvalue weighted by molar-refractivity contribution is 6.10. The lowest BCUT2D eigenvalue weighted by Crippen LogP contribution is -2.24. The Hall–Kier alpha value is -4.44. The first-order valence-corrected chi connectivity index (χ1v) is 10.1. The van der Waals surface area contributed by atoms with Gasteiger partial charge in [-0.25, -0.2) is 0 Å². The van der Waals surface area contributed by atoms with Crippen molar-refractivity contribution in [1.29, 1.82) is 0 Å². The van der Waals surface area contributed by atoms with E-state index in [1.54, 1.807) is 48.5 Å². The van der Waals surface area contributed by atoms with Crippen LogP contribution in [0.3, 0.4) is 0 Å². The van der Waals surface area contributed by atoms with E-state index in [1.165, 1.54) is 18.2 Å². The van der Waals surface area contributed by atoms with Crippen LogP contribution in [0.25, 0.3) is 0 Å². The maximum atomic E-state index is 12.7. The fraction of sp³-hybridized carbons (Fsp3) is 0.130. The number of hydrogen-bond donors (Lipinski definition) is 5. The smallest absolute Gasteiger partial charge is 0.271 e. The van der Waals surface area contributed by atoms with Gasteiger partial charge in [0, 0.05) is 24.4 Å². The number of nitro groups is 1. The second-order valence-corrected chi connectivity index (χ2v) is 6.90. The molecule has 0 aromatic heterocycles. The van der Waals surface area contributed by atoms with Gasteiger partial charge < -0.3 is 26.4 Å². The second-order valence-electron chi connectivity index (χ2n) is 6.90. The number of hydrogen-bond acceptors (Lipinski definition) is 7. The van der Waals surface area contributed by atoms with Crippen LogP contribution in [0.4, 0.5) is 28.4 Å². The van der Waals surface area contributed by atoms with Crippen LogP contribution in [-0.4, -0.2) is 41.5 Å². The van der Waals surface area contributed by atoms with Crippen LogP contribution >= 0.6 is 0 Å². The largest absolute Gasteiger partial charge is 0.395 e. The van der Waals surface area contributed by atoms with Gasteiger partial charge in [0.25, 0.3) is 11.6 Å². The van der Waals surface area contributed by atoms with Gasteiger partial charge in [-0.05, 0) is 30.3 Å². The minimum Gasteiger partial charge on any atom is -0.395 e. The Morgan fingerprint density at radius 1 is 0.848 bits per heavy atom. The molecule has 0 heterocycles. The summed E-state index contributed by atoms with van der Waals surface area (Å²) in [5.74, 6) is -0.825. The first-order valence-electron chi connectivity index (χ1n) is 10.1. The number of anilines is 4. The van der Waals surface area contributed by atoms with E-state index in [0.717, 1.165) is 0 Å². The summed E-state index contributed by atoms with van der Waals surface area (Å²) >= 11 is 0. The maximum absolute atomic E-state index is 12.7.